The van der Waals surface area contributed by atoms with E-state index in [0.717, 1.165) is 5.56 Å². The van der Waals surface area contributed by atoms with Crippen molar-refractivity contribution < 1.29 is 33.8 Å². The molecule has 0 spiro atoms. The minimum absolute atomic E-state index is 0.135. The Morgan fingerprint density at radius 2 is 1.67 bits per heavy atom. The van der Waals surface area contributed by atoms with Crippen molar-refractivity contribution in [1.29, 1.82) is 0 Å². The number of aldehydes is 1. The molecule has 4 amide bonds. The van der Waals surface area contributed by atoms with Crippen LogP contribution in [0.1, 0.15) is 53.0 Å². The summed E-state index contributed by atoms with van der Waals surface area (Å²) >= 11 is 0. The van der Waals surface area contributed by atoms with Crippen LogP contribution < -0.4 is 16.0 Å². The summed E-state index contributed by atoms with van der Waals surface area (Å²) in [4.78, 5) is 64.6. The number of aliphatic hydroxyl groups is 1. The van der Waals surface area contributed by atoms with Crippen LogP contribution in [0.3, 0.4) is 0 Å². The minimum atomic E-state index is -0.985. The first kappa shape index (κ1) is 31.9. The normalized spacial score (nSPS) is 19.3. The number of nitrogens with one attached hydrogen (secondary N) is 3. The number of ether oxygens (including phenoxy) is 1. The number of rotatable bonds is 14. The van der Waals surface area contributed by atoms with Gasteiger partial charge >= 0.3 is 0 Å². The summed E-state index contributed by atoms with van der Waals surface area (Å²) < 4.78 is 6.05. The van der Waals surface area contributed by atoms with E-state index in [1.807, 2.05) is 30.3 Å². The van der Waals surface area contributed by atoms with E-state index >= 15 is 0 Å². The van der Waals surface area contributed by atoms with Gasteiger partial charge in [0, 0.05) is 13.0 Å². The highest BCUT2D eigenvalue weighted by Crippen LogP contribution is 2.24. The fraction of sp³-hybridized carbons (Fsp3) is 0.607. The molecule has 1 aliphatic rings. The molecule has 4 N–H and O–H groups in total. The summed E-state index contributed by atoms with van der Waals surface area (Å²) in [5, 5.41) is 17.0. The fourth-order valence-electron chi connectivity index (χ4n) is 4.40. The maximum atomic E-state index is 13.8. The maximum absolute atomic E-state index is 13.8. The Morgan fingerprint density at radius 1 is 1.03 bits per heavy atom. The van der Waals surface area contributed by atoms with Crippen molar-refractivity contribution in [2.24, 2.45) is 11.8 Å². The van der Waals surface area contributed by atoms with Crippen molar-refractivity contribution in [3.63, 3.8) is 0 Å². The largest absolute Gasteiger partial charge is 0.387 e. The average Bonchev–Trinajstić information content (AvgIpc) is 3.36. The second-order valence-electron chi connectivity index (χ2n) is 10.5. The lowest BCUT2D eigenvalue weighted by atomic mass is 9.99. The van der Waals surface area contributed by atoms with E-state index in [2.05, 4.69) is 16.0 Å². The van der Waals surface area contributed by atoms with Crippen LogP contribution in [0.5, 0.6) is 0 Å². The third kappa shape index (κ3) is 9.14. The van der Waals surface area contributed by atoms with Gasteiger partial charge in [0.1, 0.15) is 31.0 Å². The summed E-state index contributed by atoms with van der Waals surface area (Å²) in [5.74, 6) is -2.83. The topological polar surface area (TPSA) is 154 Å². The molecule has 0 radical (unpaired) electrons. The molecule has 0 aromatic heterocycles. The zero-order chi connectivity index (χ0) is 29.1. The molecule has 0 saturated carbocycles. The first-order chi connectivity index (χ1) is 18.5. The van der Waals surface area contributed by atoms with Gasteiger partial charge in [-0.05, 0) is 23.8 Å². The smallest absolute Gasteiger partial charge is 0.246 e. The molecule has 1 aromatic rings. The van der Waals surface area contributed by atoms with Crippen LogP contribution in [-0.2, 0) is 35.3 Å². The Kier molecular flexibility index (Phi) is 12.5. The van der Waals surface area contributed by atoms with Gasteiger partial charge in [-0.15, -0.1) is 0 Å². The minimum Gasteiger partial charge on any atom is -0.387 e. The highest BCUT2D eigenvalue weighted by atomic mass is 16.5. The average molecular weight is 547 g/mol. The summed E-state index contributed by atoms with van der Waals surface area (Å²) in [6.45, 7) is 8.46. The summed E-state index contributed by atoms with van der Waals surface area (Å²) in [7, 11) is 0. The first-order valence-corrected chi connectivity index (χ1v) is 13.4. The van der Waals surface area contributed by atoms with Crippen molar-refractivity contribution in [3.05, 3.63) is 35.9 Å². The number of likely N-dealkylation sites (tertiary alicyclic amines) is 1. The SMILES string of the molecule is CC[C@@H](C=O)NC(=O)[C@@H]1C[C@@H](OCc2ccccc2)CN1C(=O)[C@@H](NC(=O)[C@@H](NC(=O)CO)C(C)C)C(C)C. The quantitative estimate of drug-likeness (QED) is 0.248. The van der Waals surface area contributed by atoms with Crippen LogP contribution >= 0.6 is 0 Å². The van der Waals surface area contributed by atoms with Gasteiger partial charge in [0.2, 0.25) is 23.6 Å². The lowest BCUT2D eigenvalue weighted by molar-refractivity contribution is -0.143. The van der Waals surface area contributed by atoms with Crippen LogP contribution in [0.4, 0.5) is 0 Å². The molecule has 0 bridgehead atoms. The molecule has 11 nitrogen and oxygen atoms in total. The third-order valence-electron chi connectivity index (χ3n) is 6.75. The zero-order valence-electron chi connectivity index (χ0n) is 23.4. The van der Waals surface area contributed by atoms with E-state index in [1.54, 1.807) is 34.6 Å². The highest BCUT2D eigenvalue weighted by Gasteiger charge is 2.44. The summed E-state index contributed by atoms with van der Waals surface area (Å²) in [6, 6.07) is 6.02. The van der Waals surface area contributed by atoms with Crippen molar-refractivity contribution in [3.8, 4) is 0 Å². The molecule has 1 fully saturated rings. The van der Waals surface area contributed by atoms with E-state index in [0.29, 0.717) is 19.3 Å². The van der Waals surface area contributed by atoms with Crippen LogP contribution in [-0.4, -0.2) is 83.3 Å². The predicted octanol–water partition coefficient (Wildman–Crippen LogP) is 0.540. The van der Waals surface area contributed by atoms with Crippen molar-refractivity contribution in [2.45, 2.75) is 84.3 Å². The molecular formula is C28H42N4O7. The van der Waals surface area contributed by atoms with Gasteiger partial charge in [0.25, 0.3) is 0 Å². The van der Waals surface area contributed by atoms with E-state index in [9.17, 15) is 24.0 Å². The number of aliphatic hydroxyl groups excluding tert-OH is 1. The van der Waals surface area contributed by atoms with Crippen LogP contribution in [0.15, 0.2) is 30.3 Å². The van der Waals surface area contributed by atoms with Crippen molar-refractivity contribution in [1.82, 2.24) is 20.9 Å². The van der Waals surface area contributed by atoms with Crippen LogP contribution in [0.25, 0.3) is 0 Å². The van der Waals surface area contributed by atoms with Crippen molar-refractivity contribution in [2.75, 3.05) is 13.2 Å². The molecule has 1 aromatic carbocycles. The number of carbonyl (C=O) groups excluding carboxylic acids is 5. The summed E-state index contributed by atoms with van der Waals surface area (Å²) in [6.07, 6.45) is 0.869. The molecule has 11 heteroatoms. The second-order valence-corrected chi connectivity index (χ2v) is 10.5. The lowest BCUT2D eigenvalue weighted by Gasteiger charge is -2.32. The van der Waals surface area contributed by atoms with Crippen LogP contribution in [0, 0.1) is 11.8 Å². The molecule has 1 saturated heterocycles. The van der Waals surface area contributed by atoms with Gasteiger partial charge < -0.3 is 35.5 Å². The number of carbonyl (C=O) groups is 5. The number of benzene rings is 1. The Balaban J connectivity index is 2.25. The van der Waals surface area contributed by atoms with Gasteiger partial charge in [0.05, 0.1) is 18.8 Å². The molecule has 0 unspecified atom stereocenters. The van der Waals surface area contributed by atoms with Gasteiger partial charge in [-0.1, -0.05) is 65.0 Å². The molecular weight excluding hydrogens is 504 g/mol. The standard InChI is InChI=1S/C28H42N4O7/c1-6-20(14-33)29-26(36)22-12-21(39-16-19-10-8-7-9-11-19)13-32(22)28(38)25(18(4)5)31-27(37)24(17(2)3)30-23(35)15-34/h7-11,14,17-18,20-22,24-25,34H,6,12-13,15-16H2,1-5H3,(H,29,36)(H,30,35)(H,31,37)/t20-,21+,22-,24-,25-/m0/s1. The first-order valence-electron chi connectivity index (χ1n) is 13.4. The summed E-state index contributed by atoms with van der Waals surface area (Å²) in [5.41, 5.74) is 0.951. The lowest BCUT2D eigenvalue weighted by Crippen LogP contribution is -2.59. The molecule has 216 valence electrons. The molecule has 2 rings (SSSR count). The Bertz CT molecular complexity index is 985. The number of hydrogen-bond donors (Lipinski definition) is 4. The second kappa shape index (κ2) is 15.3. The molecule has 39 heavy (non-hydrogen) atoms. The van der Waals surface area contributed by atoms with Crippen LogP contribution in [0.2, 0.25) is 0 Å². The maximum Gasteiger partial charge on any atom is 0.246 e. The van der Waals surface area contributed by atoms with Gasteiger partial charge in [-0.2, -0.15) is 0 Å². The van der Waals surface area contributed by atoms with Gasteiger partial charge in [0.15, 0.2) is 0 Å². The van der Waals surface area contributed by atoms with E-state index in [1.165, 1.54) is 4.90 Å². The Morgan fingerprint density at radius 3 is 2.21 bits per heavy atom. The van der Waals surface area contributed by atoms with E-state index in [4.69, 9.17) is 9.84 Å². The number of hydrogen-bond acceptors (Lipinski definition) is 7. The zero-order valence-corrected chi connectivity index (χ0v) is 23.4. The predicted molar refractivity (Wildman–Crippen MR) is 144 cm³/mol. The molecule has 5 atom stereocenters. The number of amides is 4. The third-order valence-corrected chi connectivity index (χ3v) is 6.75. The van der Waals surface area contributed by atoms with E-state index < -0.39 is 60.5 Å². The Hall–Kier alpha value is -3.31. The number of nitrogens with zero attached hydrogens (tertiary/aromatic N) is 1. The van der Waals surface area contributed by atoms with E-state index in [-0.39, 0.29) is 24.8 Å². The van der Waals surface area contributed by atoms with Crippen molar-refractivity contribution >= 4 is 29.9 Å². The molecule has 0 aliphatic carbocycles. The monoisotopic (exact) mass is 546 g/mol. The van der Waals surface area contributed by atoms with Gasteiger partial charge in [-0.3, -0.25) is 19.2 Å². The molecule has 1 aliphatic heterocycles. The molecule has 1 heterocycles. The highest BCUT2D eigenvalue weighted by molar-refractivity contribution is 5.95. The Labute approximate surface area is 230 Å². The fourth-order valence-corrected chi connectivity index (χ4v) is 4.40. The van der Waals surface area contributed by atoms with Gasteiger partial charge in [-0.25, -0.2) is 0 Å².